The Kier molecular flexibility index (Phi) is 5.91. The summed E-state index contributed by atoms with van der Waals surface area (Å²) < 4.78 is 42.2. The minimum absolute atomic E-state index is 0.194. The van der Waals surface area contributed by atoms with Crippen LogP contribution in [0.3, 0.4) is 0 Å². The minimum atomic E-state index is -4.30. The molecule has 0 heterocycles. The van der Waals surface area contributed by atoms with E-state index in [0.29, 0.717) is 25.3 Å². The largest absolute Gasteiger partial charge is 0.416 e. The number of benzene rings is 1. The van der Waals surface area contributed by atoms with E-state index in [1.165, 1.54) is 6.07 Å². The zero-order valence-corrected chi connectivity index (χ0v) is 10.7. The highest BCUT2D eigenvalue weighted by molar-refractivity contribution is 6.20. The van der Waals surface area contributed by atoms with Crippen LogP contribution in [-0.4, -0.2) is 25.6 Å². The average molecular weight is 282 g/mol. The molecule has 0 radical (unpaired) electrons. The topological polar surface area (TPSA) is 21.3 Å². The van der Waals surface area contributed by atoms with Crippen molar-refractivity contribution in [1.82, 2.24) is 5.32 Å². The zero-order chi connectivity index (χ0) is 13.6. The summed E-state index contributed by atoms with van der Waals surface area (Å²) in [6, 6.07) is 5.22. The Hall–Kier alpha value is -0.780. The van der Waals surface area contributed by atoms with Crippen LogP contribution in [0.5, 0.6) is 0 Å². The molecule has 0 fully saturated rings. The van der Waals surface area contributed by atoms with Crippen LogP contribution in [0, 0.1) is 0 Å². The van der Waals surface area contributed by atoms with Gasteiger partial charge < -0.3 is 10.1 Å². The zero-order valence-electron chi connectivity index (χ0n) is 9.93. The molecule has 1 aromatic carbocycles. The van der Waals surface area contributed by atoms with Crippen molar-refractivity contribution in [3.8, 4) is 0 Å². The van der Waals surface area contributed by atoms with E-state index in [1.54, 1.807) is 13.2 Å². The van der Waals surface area contributed by atoms with E-state index >= 15 is 0 Å². The SMILES string of the molecule is COCC(Cl)CNCc1cccc(C(F)(F)F)c1. The molecular weight excluding hydrogens is 267 g/mol. The van der Waals surface area contributed by atoms with Crippen molar-refractivity contribution in [2.45, 2.75) is 18.1 Å². The minimum Gasteiger partial charge on any atom is -0.383 e. The summed E-state index contributed by atoms with van der Waals surface area (Å²) in [5.41, 5.74) is -0.0628. The van der Waals surface area contributed by atoms with Crippen molar-refractivity contribution in [2.24, 2.45) is 0 Å². The van der Waals surface area contributed by atoms with Crippen molar-refractivity contribution in [1.29, 1.82) is 0 Å². The van der Waals surface area contributed by atoms with E-state index < -0.39 is 11.7 Å². The van der Waals surface area contributed by atoms with Gasteiger partial charge >= 0.3 is 6.18 Å². The third-order valence-electron chi connectivity index (χ3n) is 2.30. The highest BCUT2D eigenvalue weighted by Crippen LogP contribution is 2.29. The molecule has 0 saturated carbocycles. The van der Waals surface area contributed by atoms with Crippen LogP contribution in [0.15, 0.2) is 24.3 Å². The molecule has 2 nitrogen and oxygen atoms in total. The second-order valence-corrected chi connectivity index (χ2v) is 4.50. The van der Waals surface area contributed by atoms with Gasteiger partial charge in [0.25, 0.3) is 0 Å². The molecule has 1 atom stereocenters. The smallest absolute Gasteiger partial charge is 0.383 e. The molecule has 1 aromatic rings. The number of ether oxygens (including phenoxy) is 1. The van der Waals surface area contributed by atoms with Crippen molar-refractivity contribution >= 4 is 11.6 Å². The Labute approximate surface area is 109 Å². The molecular formula is C12H15ClF3NO. The van der Waals surface area contributed by atoms with Crippen LogP contribution in [0.2, 0.25) is 0 Å². The summed E-state index contributed by atoms with van der Waals surface area (Å²) in [5.74, 6) is 0. The third-order valence-corrected chi connectivity index (χ3v) is 2.58. The molecule has 0 saturated heterocycles. The molecule has 18 heavy (non-hydrogen) atoms. The predicted molar refractivity (Wildman–Crippen MR) is 64.7 cm³/mol. The first-order chi connectivity index (χ1) is 8.43. The lowest BCUT2D eigenvalue weighted by atomic mass is 10.1. The predicted octanol–water partition coefficient (Wildman–Crippen LogP) is 3.05. The molecule has 102 valence electrons. The number of nitrogens with one attached hydrogen (secondary N) is 1. The number of hydrogen-bond acceptors (Lipinski definition) is 2. The summed E-state index contributed by atoms with van der Waals surface area (Å²) in [6.07, 6.45) is -4.30. The highest BCUT2D eigenvalue weighted by Gasteiger charge is 2.30. The van der Waals surface area contributed by atoms with Gasteiger partial charge in [0.15, 0.2) is 0 Å². The first-order valence-electron chi connectivity index (χ1n) is 5.43. The first-order valence-corrected chi connectivity index (χ1v) is 5.87. The molecule has 0 bridgehead atoms. The molecule has 1 N–H and O–H groups in total. The van der Waals surface area contributed by atoms with E-state index in [0.717, 1.165) is 12.1 Å². The summed E-state index contributed by atoms with van der Waals surface area (Å²) in [4.78, 5) is 0. The Morgan fingerprint density at radius 2 is 2.11 bits per heavy atom. The third kappa shape index (κ3) is 5.25. The van der Waals surface area contributed by atoms with Crippen LogP contribution >= 0.6 is 11.6 Å². The van der Waals surface area contributed by atoms with E-state index in [9.17, 15) is 13.2 Å². The van der Waals surface area contributed by atoms with Gasteiger partial charge in [-0.05, 0) is 11.6 Å². The van der Waals surface area contributed by atoms with E-state index in [1.807, 2.05) is 0 Å². The second kappa shape index (κ2) is 6.97. The van der Waals surface area contributed by atoms with Crippen molar-refractivity contribution in [2.75, 3.05) is 20.3 Å². The second-order valence-electron chi connectivity index (χ2n) is 3.88. The van der Waals surface area contributed by atoms with Gasteiger partial charge in [-0.25, -0.2) is 0 Å². The van der Waals surface area contributed by atoms with Gasteiger partial charge in [0, 0.05) is 20.2 Å². The Morgan fingerprint density at radius 3 is 2.72 bits per heavy atom. The molecule has 0 aliphatic carbocycles. The van der Waals surface area contributed by atoms with Gasteiger partial charge in [0.1, 0.15) is 0 Å². The van der Waals surface area contributed by atoms with Crippen molar-refractivity contribution in [3.63, 3.8) is 0 Å². The number of hydrogen-bond donors (Lipinski definition) is 1. The molecule has 0 spiro atoms. The van der Waals surface area contributed by atoms with Crippen LogP contribution in [-0.2, 0) is 17.5 Å². The molecule has 1 unspecified atom stereocenters. The highest BCUT2D eigenvalue weighted by atomic mass is 35.5. The maximum Gasteiger partial charge on any atom is 0.416 e. The average Bonchev–Trinajstić information content (AvgIpc) is 2.29. The van der Waals surface area contributed by atoms with E-state index in [-0.39, 0.29) is 5.38 Å². The molecule has 0 aromatic heterocycles. The normalized spacial score (nSPS) is 13.6. The molecule has 0 aliphatic rings. The quantitative estimate of drug-likeness (QED) is 0.809. The Balaban J connectivity index is 2.48. The van der Waals surface area contributed by atoms with E-state index in [2.05, 4.69) is 5.32 Å². The summed E-state index contributed by atoms with van der Waals surface area (Å²) in [6.45, 7) is 1.22. The monoisotopic (exact) mass is 281 g/mol. The fourth-order valence-corrected chi connectivity index (χ4v) is 1.71. The lowest BCUT2D eigenvalue weighted by molar-refractivity contribution is -0.137. The van der Waals surface area contributed by atoms with Gasteiger partial charge in [-0.2, -0.15) is 13.2 Å². The van der Waals surface area contributed by atoms with Crippen LogP contribution in [0.1, 0.15) is 11.1 Å². The summed E-state index contributed by atoms with van der Waals surface area (Å²) in [5, 5.41) is 2.79. The molecule has 6 heteroatoms. The molecule has 0 amide bonds. The van der Waals surface area contributed by atoms with Gasteiger partial charge in [-0.1, -0.05) is 18.2 Å². The van der Waals surface area contributed by atoms with Crippen LogP contribution < -0.4 is 5.32 Å². The fraction of sp³-hybridized carbons (Fsp3) is 0.500. The Morgan fingerprint density at radius 1 is 1.39 bits per heavy atom. The number of halogens is 4. The maximum atomic E-state index is 12.5. The van der Waals surface area contributed by atoms with Crippen molar-refractivity contribution < 1.29 is 17.9 Å². The number of rotatable bonds is 6. The van der Waals surface area contributed by atoms with Gasteiger partial charge in [-0.3, -0.25) is 0 Å². The summed E-state index contributed by atoms with van der Waals surface area (Å²) in [7, 11) is 1.54. The maximum absolute atomic E-state index is 12.5. The lowest BCUT2D eigenvalue weighted by Gasteiger charge is -2.11. The first kappa shape index (κ1) is 15.3. The number of alkyl halides is 4. The van der Waals surface area contributed by atoms with Gasteiger partial charge in [0.2, 0.25) is 0 Å². The van der Waals surface area contributed by atoms with Crippen molar-refractivity contribution in [3.05, 3.63) is 35.4 Å². The Bertz CT molecular complexity index is 371. The van der Waals surface area contributed by atoms with Gasteiger partial charge in [-0.15, -0.1) is 11.6 Å². The standard InChI is InChI=1S/C12H15ClF3NO/c1-18-8-11(13)7-17-6-9-3-2-4-10(5-9)12(14,15)16/h2-5,11,17H,6-8H2,1H3. The number of methoxy groups -OCH3 is 1. The lowest BCUT2D eigenvalue weighted by Crippen LogP contribution is -2.26. The van der Waals surface area contributed by atoms with E-state index in [4.69, 9.17) is 16.3 Å². The van der Waals surface area contributed by atoms with Crippen LogP contribution in [0.4, 0.5) is 13.2 Å². The fourth-order valence-electron chi connectivity index (χ4n) is 1.47. The summed E-state index contributed by atoms with van der Waals surface area (Å²) >= 11 is 5.88. The van der Waals surface area contributed by atoms with Gasteiger partial charge in [0.05, 0.1) is 17.5 Å². The molecule has 1 rings (SSSR count). The van der Waals surface area contributed by atoms with Crippen LogP contribution in [0.25, 0.3) is 0 Å². The molecule has 0 aliphatic heterocycles.